The summed E-state index contributed by atoms with van der Waals surface area (Å²) in [6.07, 6.45) is 33.8. The van der Waals surface area contributed by atoms with E-state index in [1.54, 1.807) is 0 Å². The summed E-state index contributed by atoms with van der Waals surface area (Å²) in [6.45, 7) is 3.56. The van der Waals surface area contributed by atoms with Gasteiger partial charge in [-0.2, -0.15) is 0 Å². The minimum Gasteiger partial charge on any atom is -0.393 e. The second kappa shape index (κ2) is 32.8. The van der Waals surface area contributed by atoms with Crippen molar-refractivity contribution >= 4 is 23.5 Å². The fraction of sp³-hybridized carbons (Fsp3) is 0.795. The molecule has 0 aliphatic carbocycles. The van der Waals surface area contributed by atoms with Crippen molar-refractivity contribution in [3.05, 3.63) is 24.3 Å². The lowest BCUT2D eigenvalue weighted by Crippen LogP contribution is -2.36. The molecular weight excluding hydrogens is 580 g/mol. The molecule has 0 heterocycles. The van der Waals surface area contributed by atoms with Crippen molar-refractivity contribution in [1.82, 2.24) is 0 Å². The fourth-order valence-electron chi connectivity index (χ4n) is 5.41. The Balaban J connectivity index is 4.40. The molecule has 0 bridgehead atoms. The van der Waals surface area contributed by atoms with Gasteiger partial charge >= 0.3 is 11.9 Å². The minimum absolute atomic E-state index is 0.0643. The first kappa shape index (κ1) is 43.9. The quantitative estimate of drug-likeness (QED) is 0.0239. The molecule has 2 atom stereocenters. The zero-order valence-corrected chi connectivity index (χ0v) is 29.5. The summed E-state index contributed by atoms with van der Waals surface area (Å²) in [7, 11) is 0. The summed E-state index contributed by atoms with van der Waals surface area (Å²) in [6, 6.07) is 0. The third kappa shape index (κ3) is 26.0. The standard InChI is InChI=1S/C39H68O7/c1-3-5-7-9-11-13-15-17-19-21-23-25-27-29-31-34(38(44)46-39(45)36(42)33-40)37(43)35(41)32-30-28-26-24-22-20-18-16-14-12-10-8-6-4-2/h17-20,34,36,40,42H,3-16,21-33H2,1-2H3/b19-17-,20-18-. The number of allylic oxidation sites excluding steroid dienone is 4. The Labute approximate surface area is 281 Å². The van der Waals surface area contributed by atoms with Crippen LogP contribution in [0.5, 0.6) is 0 Å². The van der Waals surface area contributed by atoms with Gasteiger partial charge in [0, 0.05) is 6.42 Å². The van der Waals surface area contributed by atoms with Crippen molar-refractivity contribution < 1.29 is 34.1 Å². The molecule has 0 amide bonds. The van der Waals surface area contributed by atoms with Gasteiger partial charge in [0.1, 0.15) is 5.92 Å². The van der Waals surface area contributed by atoms with Crippen molar-refractivity contribution in [2.45, 2.75) is 187 Å². The Morgan fingerprint density at radius 2 is 0.935 bits per heavy atom. The van der Waals surface area contributed by atoms with Crippen LogP contribution >= 0.6 is 0 Å². The Hall–Kier alpha value is -2.12. The molecule has 46 heavy (non-hydrogen) atoms. The van der Waals surface area contributed by atoms with Crippen LogP contribution in [0.2, 0.25) is 0 Å². The molecule has 0 aliphatic heterocycles. The van der Waals surface area contributed by atoms with Crippen LogP contribution in [0.15, 0.2) is 24.3 Å². The lowest BCUT2D eigenvalue weighted by Gasteiger charge is -2.15. The molecule has 0 aromatic heterocycles. The molecule has 0 radical (unpaired) electrons. The minimum atomic E-state index is -1.87. The van der Waals surface area contributed by atoms with Crippen molar-refractivity contribution in [3.63, 3.8) is 0 Å². The highest BCUT2D eigenvalue weighted by Gasteiger charge is 2.34. The van der Waals surface area contributed by atoms with Crippen LogP contribution < -0.4 is 0 Å². The smallest absolute Gasteiger partial charge is 0.345 e. The summed E-state index contributed by atoms with van der Waals surface area (Å²) in [4.78, 5) is 50.1. The van der Waals surface area contributed by atoms with Crippen LogP contribution in [-0.4, -0.2) is 46.4 Å². The Morgan fingerprint density at radius 1 is 0.543 bits per heavy atom. The first-order valence-corrected chi connectivity index (χ1v) is 18.8. The van der Waals surface area contributed by atoms with Gasteiger partial charge in [0.05, 0.1) is 6.61 Å². The lowest BCUT2D eigenvalue weighted by atomic mass is 9.92. The van der Waals surface area contributed by atoms with E-state index in [1.807, 2.05) is 0 Å². The molecule has 7 heteroatoms. The predicted molar refractivity (Wildman–Crippen MR) is 187 cm³/mol. The van der Waals surface area contributed by atoms with Gasteiger partial charge in [-0.05, 0) is 64.2 Å². The lowest BCUT2D eigenvalue weighted by molar-refractivity contribution is -0.171. The average molecular weight is 649 g/mol. The van der Waals surface area contributed by atoms with Gasteiger partial charge in [0.25, 0.3) is 0 Å². The second-order valence-electron chi connectivity index (χ2n) is 12.8. The van der Waals surface area contributed by atoms with Crippen molar-refractivity contribution in [2.75, 3.05) is 6.61 Å². The van der Waals surface area contributed by atoms with Crippen molar-refractivity contribution in [3.8, 4) is 0 Å². The Bertz CT molecular complexity index is 832. The molecule has 0 spiro atoms. The number of ether oxygens (including phenoxy) is 1. The maximum Gasteiger partial charge on any atom is 0.345 e. The summed E-state index contributed by atoms with van der Waals surface area (Å²) < 4.78 is 4.66. The molecule has 0 saturated carbocycles. The van der Waals surface area contributed by atoms with Gasteiger partial charge in [0.15, 0.2) is 11.9 Å². The Morgan fingerprint density at radius 3 is 1.37 bits per heavy atom. The molecule has 0 saturated heterocycles. The SMILES string of the molecule is CCCCCCCC/C=C\CCCCCCC(=O)C(=O)C(CCCCCC/C=C\CCCCCCCC)C(=O)OC(=O)C(O)CO. The number of unbranched alkanes of at least 4 members (excludes halogenated alkanes) is 20. The molecule has 0 rings (SSSR count). The van der Waals surface area contributed by atoms with Crippen LogP contribution in [0.25, 0.3) is 0 Å². The van der Waals surface area contributed by atoms with E-state index in [4.69, 9.17) is 5.11 Å². The number of carbonyl (C=O) groups is 4. The van der Waals surface area contributed by atoms with E-state index in [9.17, 15) is 24.3 Å². The largest absolute Gasteiger partial charge is 0.393 e. The van der Waals surface area contributed by atoms with E-state index < -0.39 is 42.1 Å². The summed E-state index contributed by atoms with van der Waals surface area (Å²) in [5.41, 5.74) is 0. The number of Topliss-reactive ketones (excluding diaryl/α,β-unsaturated/α-hetero) is 2. The molecule has 0 fully saturated rings. The van der Waals surface area contributed by atoms with Crippen LogP contribution in [0.4, 0.5) is 0 Å². The van der Waals surface area contributed by atoms with E-state index in [0.717, 1.165) is 64.2 Å². The zero-order chi connectivity index (χ0) is 34.1. The number of aliphatic hydroxyl groups is 2. The van der Waals surface area contributed by atoms with Gasteiger partial charge < -0.3 is 14.9 Å². The van der Waals surface area contributed by atoms with Gasteiger partial charge in [-0.1, -0.05) is 134 Å². The monoisotopic (exact) mass is 648 g/mol. The second-order valence-corrected chi connectivity index (χ2v) is 12.8. The number of esters is 2. The molecule has 0 aliphatic rings. The van der Waals surface area contributed by atoms with Crippen LogP contribution in [0.1, 0.15) is 181 Å². The van der Waals surface area contributed by atoms with Crippen LogP contribution in [0.3, 0.4) is 0 Å². The summed E-state index contributed by atoms with van der Waals surface area (Å²) in [5.74, 6) is -5.25. The van der Waals surface area contributed by atoms with Gasteiger partial charge in [-0.3, -0.25) is 14.4 Å². The normalized spacial score (nSPS) is 13.0. The van der Waals surface area contributed by atoms with Gasteiger partial charge in [-0.25, -0.2) is 4.79 Å². The number of carbonyl (C=O) groups excluding carboxylic acids is 4. The van der Waals surface area contributed by atoms with Gasteiger partial charge in [0.2, 0.25) is 5.78 Å². The fourth-order valence-corrected chi connectivity index (χ4v) is 5.41. The topological polar surface area (TPSA) is 118 Å². The molecule has 266 valence electrons. The first-order valence-electron chi connectivity index (χ1n) is 18.8. The third-order valence-electron chi connectivity index (χ3n) is 8.44. The van der Waals surface area contributed by atoms with E-state index in [1.165, 1.54) is 77.0 Å². The predicted octanol–water partition coefficient (Wildman–Crippen LogP) is 9.46. The first-order chi connectivity index (χ1) is 22.4. The number of aliphatic hydroxyl groups excluding tert-OH is 2. The number of hydrogen-bond acceptors (Lipinski definition) is 7. The number of ketones is 2. The maximum atomic E-state index is 12.9. The zero-order valence-electron chi connectivity index (χ0n) is 29.5. The van der Waals surface area contributed by atoms with E-state index in [0.29, 0.717) is 12.8 Å². The van der Waals surface area contributed by atoms with Crippen LogP contribution in [-0.2, 0) is 23.9 Å². The maximum absolute atomic E-state index is 12.9. The third-order valence-corrected chi connectivity index (χ3v) is 8.44. The molecule has 0 aromatic carbocycles. The highest BCUT2D eigenvalue weighted by atomic mass is 16.6. The molecule has 7 nitrogen and oxygen atoms in total. The highest BCUT2D eigenvalue weighted by molar-refractivity contribution is 6.41. The van der Waals surface area contributed by atoms with Gasteiger partial charge in [-0.15, -0.1) is 0 Å². The summed E-state index contributed by atoms with van der Waals surface area (Å²) >= 11 is 0. The van der Waals surface area contributed by atoms with Crippen molar-refractivity contribution in [1.29, 1.82) is 0 Å². The molecule has 2 unspecified atom stereocenters. The highest BCUT2D eigenvalue weighted by Crippen LogP contribution is 2.18. The Kier molecular flexibility index (Phi) is 31.3. The number of hydrogen-bond donors (Lipinski definition) is 2. The van der Waals surface area contributed by atoms with E-state index in [-0.39, 0.29) is 12.8 Å². The van der Waals surface area contributed by atoms with Crippen molar-refractivity contribution in [2.24, 2.45) is 5.92 Å². The van der Waals surface area contributed by atoms with Crippen LogP contribution in [0, 0.1) is 5.92 Å². The summed E-state index contributed by atoms with van der Waals surface area (Å²) in [5, 5.41) is 18.4. The molecular formula is C39H68O7. The average Bonchev–Trinajstić information content (AvgIpc) is 3.05. The number of rotatable bonds is 33. The van der Waals surface area contributed by atoms with E-state index >= 15 is 0 Å². The van der Waals surface area contributed by atoms with E-state index in [2.05, 4.69) is 42.9 Å². The molecule has 2 N–H and O–H groups in total. The molecule has 0 aromatic rings.